The Hall–Kier alpha value is -6.03. The van der Waals surface area contributed by atoms with Crippen LogP contribution < -0.4 is 10.4 Å². The average molecular weight is 1150 g/mol. The Kier molecular flexibility index (Phi) is 18.7. The van der Waals surface area contributed by atoms with E-state index in [0.717, 1.165) is 75.5 Å². The number of aromatic nitrogens is 2. The van der Waals surface area contributed by atoms with Crippen LogP contribution in [0.15, 0.2) is 174 Å². The molecule has 0 saturated heterocycles. The molecule has 1 N–H and O–H groups in total. The molecule has 0 aliphatic heterocycles. The van der Waals surface area contributed by atoms with Gasteiger partial charge in [0.05, 0.1) is 21.9 Å². The van der Waals surface area contributed by atoms with E-state index < -0.39 is 16.1 Å². The number of nitrogens with zero attached hydrogens (tertiary/aromatic N) is 2. The van der Waals surface area contributed by atoms with Crippen LogP contribution in [0.4, 0.5) is 0 Å². The second-order valence-electron chi connectivity index (χ2n) is 20.1. The number of furan rings is 1. The summed E-state index contributed by atoms with van der Waals surface area (Å²) in [5.41, 5.74) is 10.3. The molecule has 9 aromatic rings. The molecule has 71 heavy (non-hydrogen) atoms. The molecular formula is C63H68IrN2O3Si2-2. The summed E-state index contributed by atoms with van der Waals surface area (Å²) in [6.45, 7) is 22.3. The smallest absolute Gasteiger partial charge is 0.162 e. The second kappa shape index (κ2) is 24.4. The predicted octanol–water partition coefficient (Wildman–Crippen LogP) is 16.4. The van der Waals surface area contributed by atoms with Crippen LogP contribution in [0.25, 0.3) is 77.5 Å². The van der Waals surface area contributed by atoms with Gasteiger partial charge in [-0.2, -0.15) is 0 Å². The van der Waals surface area contributed by atoms with Crippen LogP contribution in [0.3, 0.4) is 0 Å². The number of fused-ring (bicyclic) bond motifs is 4. The van der Waals surface area contributed by atoms with Crippen LogP contribution in [-0.2, 0) is 24.9 Å². The summed E-state index contributed by atoms with van der Waals surface area (Å²) in [6.07, 6.45) is 8.65. The fourth-order valence-corrected chi connectivity index (χ4v) is 11.2. The van der Waals surface area contributed by atoms with E-state index >= 15 is 0 Å². The van der Waals surface area contributed by atoms with Crippen molar-refractivity contribution in [3.8, 4) is 44.8 Å². The number of hydrogen-bond acceptors (Lipinski definition) is 5. The Bertz CT molecular complexity index is 3200. The van der Waals surface area contributed by atoms with Crippen molar-refractivity contribution in [2.45, 2.75) is 92.7 Å². The zero-order valence-corrected chi connectivity index (χ0v) is 47.5. The van der Waals surface area contributed by atoms with E-state index in [2.05, 4.69) is 153 Å². The van der Waals surface area contributed by atoms with Crippen molar-refractivity contribution in [1.29, 1.82) is 0 Å². The summed E-state index contributed by atoms with van der Waals surface area (Å²) in [5.74, 6) is 0.547. The Balaban J connectivity index is 0.000000189. The monoisotopic (exact) mass is 1150 g/mol. The van der Waals surface area contributed by atoms with Gasteiger partial charge in [0.25, 0.3) is 0 Å². The van der Waals surface area contributed by atoms with Gasteiger partial charge in [-0.05, 0) is 66.3 Å². The molecule has 0 unspecified atom stereocenters. The Morgan fingerprint density at radius 1 is 0.606 bits per heavy atom. The molecule has 3 aromatic heterocycles. The molecule has 0 spiro atoms. The molecule has 0 atom stereocenters. The maximum atomic E-state index is 11.7. The van der Waals surface area contributed by atoms with Crippen LogP contribution >= 0.6 is 0 Å². The first-order valence-corrected chi connectivity index (χ1v) is 31.9. The van der Waals surface area contributed by atoms with Crippen molar-refractivity contribution >= 4 is 65.0 Å². The van der Waals surface area contributed by atoms with Gasteiger partial charge in [0.15, 0.2) is 5.78 Å². The molecule has 6 aromatic carbocycles. The van der Waals surface area contributed by atoms with E-state index in [9.17, 15) is 9.90 Å². The van der Waals surface area contributed by atoms with Crippen LogP contribution in [-0.4, -0.2) is 37.0 Å². The van der Waals surface area contributed by atoms with Crippen molar-refractivity contribution < 1.29 is 34.4 Å². The maximum absolute atomic E-state index is 11.7. The summed E-state index contributed by atoms with van der Waals surface area (Å²) in [4.78, 5) is 20.9. The van der Waals surface area contributed by atoms with Crippen molar-refractivity contribution in [2.24, 2.45) is 11.8 Å². The number of hydrogen-bond donors (Lipinski definition) is 1. The minimum Gasteiger partial charge on any atom is -0.512 e. The quantitative estimate of drug-likeness (QED) is 0.0539. The minimum absolute atomic E-state index is 0. The Morgan fingerprint density at radius 2 is 1.18 bits per heavy atom. The van der Waals surface area contributed by atoms with Gasteiger partial charge in [0.1, 0.15) is 11.2 Å². The van der Waals surface area contributed by atoms with Crippen molar-refractivity contribution in [3.05, 3.63) is 182 Å². The number of aliphatic hydroxyl groups is 1. The van der Waals surface area contributed by atoms with Gasteiger partial charge in [0, 0.05) is 66.9 Å². The Labute approximate surface area is 437 Å². The molecule has 0 amide bonds. The number of para-hydroxylation sites is 1. The number of pyridine rings is 2. The van der Waals surface area contributed by atoms with Crippen LogP contribution in [0.2, 0.25) is 39.3 Å². The number of allylic oxidation sites excluding steroid dienone is 2. The first-order chi connectivity index (χ1) is 33.6. The van der Waals surface area contributed by atoms with E-state index in [1.54, 1.807) is 0 Å². The summed E-state index contributed by atoms with van der Waals surface area (Å²) in [6, 6.07) is 57.9. The molecule has 0 aliphatic rings. The van der Waals surface area contributed by atoms with E-state index in [1.165, 1.54) is 44.1 Å². The molecule has 0 fully saturated rings. The summed E-state index contributed by atoms with van der Waals surface area (Å²) in [5, 5.41) is 17.2. The van der Waals surface area contributed by atoms with Gasteiger partial charge in [-0.1, -0.05) is 185 Å². The zero-order valence-electron chi connectivity index (χ0n) is 43.1. The molecule has 9 rings (SSSR count). The largest absolute Gasteiger partial charge is 0.512 e. The third-order valence-electron chi connectivity index (χ3n) is 13.3. The first kappa shape index (κ1) is 54.3. The van der Waals surface area contributed by atoms with Crippen molar-refractivity contribution in [1.82, 2.24) is 9.97 Å². The summed E-state index contributed by atoms with van der Waals surface area (Å²) in [7, 11) is -2.59. The van der Waals surface area contributed by atoms with E-state index in [-0.39, 0.29) is 43.5 Å². The van der Waals surface area contributed by atoms with Gasteiger partial charge in [-0.3, -0.25) is 9.78 Å². The molecule has 3 heterocycles. The topological polar surface area (TPSA) is 76.2 Å². The standard InChI is InChI=1S/C30H24NOSi.C20H20NSi.C13H24O2.Ir/c1-33(2,3)23-14-12-20(13-15-23)27-19-22(18-21-8-4-5-9-24(21)27)29-30-26(16-17-31-29)25-10-6-7-11-28(25)32-30;1-22(2,3)19-11-9-16(10-12-19)18-13-14-21-20(15-18)17-7-5-4-6-8-17;1-5-10(6-2)12(14)9-13(15)11(7-3)8-4;/h4-17,19H,1-3H3;4-7,9-15H,1-3H3;9-11,14H,5-8H2,1-4H3;/q2*-1;;/b;;12-9-;. The number of carbonyl (C=O) groups excluding carboxylic acids is 1. The van der Waals surface area contributed by atoms with Gasteiger partial charge < -0.3 is 14.5 Å². The minimum atomic E-state index is -1.35. The molecule has 0 aliphatic carbocycles. The number of benzene rings is 6. The fraction of sp³-hybridized carbons (Fsp3) is 0.254. The van der Waals surface area contributed by atoms with Gasteiger partial charge >= 0.3 is 0 Å². The molecule has 5 nitrogen and oxygen atoms in total. The van der Waals surface area contributed by atoms with Crippen molar-refractivity contribution in [2.75, 3.05) is 0 Å². The summed E-state index contributed by atoms with van der Waals surface area (Å²) >= 11 is 0. The van der Waals surface area contributed by atoms with Crippen molar-refractivity contribution in [3.63, 3.8) is 0 Å². The zero-order chi connectivity index (χ0) is 50.0. The number of rotatable bonds is 13. The maximum Gasteiger partial charge on any atom is 0.162 e. The van der Waals surface area contributed by atoms with Gasteiger partial charge in [-0.15, -0.1) is 59.5 Å². The van der Waals surface area contributed by atoms with Gasteiger partial charge in [-0.25, -0.2) is 0 Å². The SMILES string of the molecule is CCC(CC)C(=O)/C=C(\O)C(CC)CC.C[Si](C)(C)c1ccc(-c2cc(-c3nccc4c3oc3ccccc34)[c-]c3ccccc23)cc1.C[Si](C)(C)c1ccc(-c2ccnc(-c3[c-]cccc3)c2)cc1.[Ir]. The fourth-order valence-electron chi connectivity index (χ4n) is 8.84. The van der Waals surface area contributed by atoms with Crippen LogP contribution in [0.1, 0.15) is 53.4 Å². The number of aliphatic hydroxyl groups excluding tert-OH is 1. The van der Waals surface area contributed by atoms with Crippen LogP contribution in [0, 0.1) is 24.0 Å². The second-order valence-corrected chi connectivity index (χ2v) is 30.3. The number of carbonyl (C=O) groups is 1. The third-order valence-corrected chi connectivity index (χ3v) is 17.4. The Morgan fingerprint density at radius 3 is 1.79 bits per heavy atom. The molecule has 8 heteroatoms. The third kappa shape index (κ3) is 13.3. The normalized spacial score (nSPS) is 11.8. The molecule has 1 radical (unpaired) electrons. The average Bonchev–Trinajstić information content (AvgIpc) is 3.76. The van der Waals surface area contributed by atoms with Crippen LogP contribution in [0.5, 0.6) is 0 Å². The molecule has 0 bridgehead atoms. The predicted molar refractivity (Wildman–Crippen MR) is 302 cm³/mol. The molecular weight excluding hydrogens is 1080 g/mol. The van der Waals surface area contributed by atoms with E-state index in [4.69, 9.17) is 9.40 Å². The van der Waals surface area contributed by atoms with E-state index in [0.29, 0.717) is 0 Å². The summed E-state index contributed by atoms with van der Waals surface area (Å²) < 4.78 is 6.27. The van der Waals surface area contributed by atoms with Gasteiger partial charge in [0.2, 0.25) is 0 Å². The molecule has 367 valence electrons. The molecule has 0 saturated carbocycles. The van der Waals surface area contributed by atoms with E-state index in [1.807, 2.05) is 88.6 Å². The number of ketones is 1. The first-order valence-electron chi connectivity index (χ1n) is 24.9.